The van der Waals surface area contributed by atoms with Crippen LogP contribution in [-0.4, -0.2) is 34.7 Å². The van der Waals surface area contributed by atoms with Crippen LogP contribution in [0.25, 0.3) is 0 Å². The molecule has 0 aromatic heterocycles. The summed E-state index contributed by atoms with van der Waals surface area (Å²) >= 11 is 0. The van der Waals surface area contributed by atoms with E-state index in [0.717, 1.165) is 0 Å². The quantitative estimate of drug-likeness (QED) is 0.598. The molecule has 19 heavy (non-hydrogen) atoms. The Kier molecular flexibility index (Phi) is 7.68. The Balaban J connectivity index is 4.61. The van der Waals surface area contributed by atoms with Crippen LogP contribution in [0.1, 0.15) is 53.4 Å². The SMILES string of the molecule is CCC(CC)(CC(=O)NC(CO)CC(C)C)C(=O)O. The number of nitrogens with one attached hydrogen (secondary N) is 1. The average molecular weight is 273 g/mol. The molecule has 0 aromatic carbocycles. The summed E-state index contributed by atoms with van der Waals surface area (Å²) in [6, 6.07) is -0.298. The van der Waals surface area contributed by atoms with Crippen molar-refractivity contribution in [1.82, 2.24) is 5.32 Å². The third-order valence-electron chi connectivity index (χ3n) is 3.65. The predicted octanol–water partition coefficient (Wildman–Crippen LogP) is 1.79. The molecule has 0 fully saturated rings. The summed E-state index contributed by atoms with van der Waals surface area (Å²) in [4.78, 5) is 23.3. The summed E-state index contributed by atoms with van der Waals surface area (Å²) in [6.07, 6.45) is 1.48. The maximum Gasteiger partial charge on any atom is 0.310 e. The summed E-state index contributed by atoms with van der Waals surface area (Å²) in [5.74, 6) is -0.873. The highest BCUT2D eigenvalue weighted by Gasteiger charge is 2.37. The zero-order valence-electron chi connectivity index (χ0n) is 12.4. The average Bonchev–Trinajstić information content (AvgIpc) is 2.34. The topological polar surface area (TPSA) is 86.6 Å². The van der Waals surface area contributed by atoms with Crippen LogP contribution in [0.5, 0.6) is 0 Å². The van der Waals surface area contributed by atoms with Crippen LogP contribution in [0.3, 0.4) is 0 Å². The lowest BCUT2D eigenvalue weighted by atomic mass is 9.79. The van der Waals surface area contributed by atoms with E-state index in [1.165, 1.54) is 0 Å². The van der Waals surface area contributed by atoms with Gasteiger partial charge in [-0.25, -0.2) is 0 Å². The molecular weight excluding hydrogens is 246 g/mol. The third kappa shape index (κ3) is 5.59. The van der Waals surface area contributed by atoms with Crippen LogP contribution in [0, 0.1) is 11.3 Å². The van der Waals surface area contributed by atoms with Gasteiger partial charge in [-0.2, -0.15) is 0 Å². The normalized spacial score (nSPS) is 13.4. The van der Waals surface area contributed by atoms with Crippen molar-refractivity contribution in [1.29, 1.82) is 0 Å². The zero-order valence-corrected chi connectivity index (χ0v) is 12.4. The molecule has 0 saturated carbocycles. The molecule has 0 radical (unpaired) electrons. The van der Waals surface area contributed by atoms with E-state index in [0.29, 0.717) is 25.2 Å². The van der Waals surface area contributed by atoms with E-state index in [1.807, 2.05) is 13.8 Å². The summed E-state index contributed by atoms with van der Waals surface area (Å²) in [7, 11) is 0. The molecule has 1 amide bonds. The first-order chi connectivity index (χ1) is 8.81. The lowest BCUT2D eigenvalue weighted by Gasteiger charge is -2.27. The van der Waals surface area contributed by atoms with Crippen molar-refractivity contribution in [2.75, 3.05) is 6.61 Å². The molecule has 5 nitrogen and oxygen atoms in total. The molecule has 0 rings (SSSR count). The van der Waals surface area contributed by atoms with Crippen molar-refractivity contribution >= 4 is 11.9 Å². The van der Waals surface area contributed by atoms with Gasteiger partial charge in [0.15, 0.2) is 0 Å². The van der Waals surface area contributed by atoms with Gasteiger partial charge in [0.25, 0.3) is 0 Å². The largest absolute Gasteiger partial charge is 0.481 e. The van der Waals surface area contributed by atoms with Gasteiger partial charge in [-0.3, -0.25) is 9.59 Å². The Morgan fingerprint density at radius 3 is 2.05 bits per heavy atom. The number of rotatable bonds is 9. The van der Waals surface area contributed by atoms with E-state index < -0.39 is 11.4 Å². The molecule has 0 bridgehead atoms. The Labute approximate surface area is 115 Å². The third-order valence-corrected chi connectivity index (χ3v) is 3.65. The smallest absolute Gasteiger partial charge is 0.310 e. The standard InChI is InChI=1S/C14H27NO4/c1-5-14(6-2,13(18)19)8-12(17)15-11(9-16)7-10(3)4/h10-11,16H,5-9H2,1-4H3,(H,15,17)(H,18,19). The fourth-order valence-electron chi connectivity index (χ4n) is 2.21. The van der Waals surface area contributed by atoms with E-state index >= 15 is 0 Å². The van der Waals surface area contributed by atoms with Crippen molar-refractivity contribution in [3.05, 3.63) is 0 Å². The Morgan fingerprint density at radius 1 is 1.21 bits per heavy atom. The molecule has 0 aromatic rings. The summed E-state index contributed by atoms with van der Waals surface area (Å²) < 4.78 is 0. The number of carbonyl (C=O) groups excluding carboxylic acids is 1. The van der Waals surface area contributed by atoms with Crippen LogP contribution in [-0.2, 0) is 9.59 Å². The summed E-state index contributed by atoms with van der Waals surface area (Å²) in [6.45, 7) is 7.45. The van der Waals surface area contributed by atoms with Gasteiger partial charge < -0.3 is 15.5 Å². The van der Waals surface area contributed by atoms with Crippen LogP contribution >= 0.6 is 0 Å². The van der Waals surface area contributed by atoms with Crippen LogP contribution in [0.2, 0.25) is 0 Å². The molecule has 5 heteroatoms. The van der Waals surface area contributed by atoms with Gasteiger partial charge in [0.1, 0.15) is 0 Å². The number of carboxylic acid groups (broad SMARTS) is 1. The van der Waals surface area contributed by atoms with Crippen molar-refractivity contribution in [3.63, 3.8) is 0 Å². The van der Waals surface area contributed by atoms with Crippen LogP contribution < -0.4 is 5.32 Å². The number of carbonyl (C=O) groups is 2. The second-order valence-electron chi connectivity index (χ2n) is 5.55. The molecule has 0 heterocycles. The zero-order chi connectivity index (χ0) is 15.1. The predicted molar refractivity (Wildman–Crippen MR) is 73.7 cm³/mol. The van der Waals surface area contributed by atoms with Gasteiger partial charge in [0.05, 0.1) is 18.1 Å². The molecule has 0 spiro atoms. The second-order valence-corrected chi connectivity index (χ2v) is 5.55. The number of aliphatic hydroxyl groups excluding tert-OH is 1. The van der Waals surface area contributed by atoms with E-state index in [2.05, 4.69) is 5.32 Å². The molecule has 112 valence electrons. The van der Waals surface area contributed by atoms with E-state index in [9.17, 15) is 19.8 Å². The minimum Gasteiger partial charge on any atom is -0.481 e. The molecule has 1 atom stereocenters. The summed E-state index contributed by atoms with van der Waals surface area (Å²) in [5, 5.41) is 21.2. The lowest BCUT2D eigenvalue weighted by molar-refractivity contribution is -0.152. The molecule has 3 N–H and O–H groups in total. The van der Waals surface area contributed by atoms with Crippen molar-refractivity contribution in [2.24, 2.45) is 11.3 Å². The molecule has 0 aliphatic heterocycles. The maximum absolute atomic E-state index is 11.9. The molecule has 0 saturated heterocycles. The number of aliphatic carboxylic acids is 1. The van der Waals surface area contributed by atoms with E-state index in [4.69, 9.17) is 0 Å². The van der Waals surface area contributed by atoms with E-state index in [-0.39, 0.29) is 25.0 Å². The highest BCUT2D eigenvalue weighted by Crippen LogP contribution is 2.30. The van der Waals surface area contributed by atoms with Crippen molar-refractivity contribution in [2.45, 2.75) is 59.4 Å². The van der Waals surface area contributed by atoms with Gasteiger partial charge in [-0.05, 0) is 25.2 Å². The number of hydrogen-bond donors (Lipinski definition) is 3. The lowest BCUT2D eigenvalue weighted by Crippen LogP contribution is -2.42. The summed E-state index contributed by atoms with van der Waals surface area (Å²) in [5.41, 5.74) is -0.998. The number of aliphatic hydroxyl groups is 1. The van der Waals surface area contributed by atoms with Gasteiger partial charge in [-0.1, -0.05) is 27.7 Å². The fraction of sp³-hybridized carbons (Fsp3) is 0.857. The Morgan fingerprint density at radius 2 is 1.74 bits per heavy atom. The first-order valence-corrected chi connectivity index (χ1v) is 6.94. The van der Waals surface area contributed by atoms with Crippen molar-refractivity contribution in [3.8, 4) is 0 Å². The Bertz CT molecular complexity index is 298. The molecule has 0 aliphatic carbocycles. The van der Waals surface area contributed by atoms with Gasteiger partial charge in [-0.15, -0.1) is 0 Å². The first-order valence-electron chi connectivity index (χ1n) is 6.94. The second kappa shape index (κ2) is 8.15. The minimum absolute atomic E-state index is 0.0378. The minimum atomic E-state index is -0.998. The fourth-order valence-corrected chi connectivity index (χ4v) is 2.21. The molecular formula is C14H27NO4. The highest BCUT2D eigenvalue weighted by atomic mass is 16.4. The first kappa shape index (κ1) is 17.9. The highest BCUT2D eigenvalue weighted by molar-refractivity contribution is 5.85. The van der Waals surface area contributed by atoms with Gasteiger partial charge in [0, 0.05) is 6.42 Å². The maximum atomic E-state index is 11.9. The molecule has 0 aliphatic rings. The van der Waals surface area contributed by atoms with Crippen LogP contribution in [0.4, 0.5) is 0 Å². The molecule has 1 unspecified atom stereocenters. The number of carboxylic acids is 1. The van der Waals surface area contributed by atoms with E-state index in [1.54, 1.807) is 13.8 Å². The monoisotopic (exact) mass is 273 g/mol. The Hall–Kier alpha value is -1.10. The number of amides is 1. The van der Waals surface area contributed by atoms with Crippen molar-refractivity contribution < 1.29 is 19.8 Å². The number of hydrogen-bond acceptors (Lipinski definition) is 3. The van der Waals surface area contributed by atoms with Gasteiger partial charge in [0.2, 0.25) is 5.91 Å². The van der Waals surface area contributed by atoms with Gasteiger partial charge >= 0.3 is 5.97 Å². The van der Waals surface area contributed by atoms with Crippen LogP contribution in [0.15, 0.2) is 0 Å².